The van der Waals surface area contributed by atoms with Crippen molar-refractivity contribution in [1.29, 1.82) is 0 Å². The van der Waals surface area contributed by atoms with E-state index in [0.29, 0.717) is 27.9 Å². The second kappa shape index (κ2) is 6.68. The molecule has 6 heteroatoms. The molecule has 0 saturated heterocycles. The van der Waals surface area contributed by atoms with E-state index in [9.17, 15) is 9.59 Å². The van der Waals surface area contributed by atoms with Gasteiger partial charge in [-0.1, -0.05) is 6.07 Å². The molecule has 0 aliphatic carbocycles. The number of carbonyl (C=O) groups excluding carboxylic acids is 2. The van der Waals surface area contributed by atoms with E-state index in [-0.39, 0.29) is 23.6 Å². The molecule has 0 spiro atoms. The third kappa shape index (κ3) is 2.94. The zero-order valence-corrected chi connectivity index (χ0v) is 14.0. The van der Waals surface area contributed by atoms with Gasteiger partial charge in [-0.25, -0.2) is 4.79 Å². The summed E-state index contributed by atoms with van der Waals surface area (Å²) in [6.45, 7) is 1.92. The van der Waals surface area contributed by atoms with Gasteiger partial charge in [-0.05, 0) is 43.3 Å². The normalized spacial score (nSPS) is 10.6. The van der Waals surface area contributed by atoms with Gasteiger partial charge in [-0.15, -0.1) is 0 Å². The van der Waals surface area contributed by atoms with Crippen LogP contribution >= 0.6 is 0 Å². The molecular weight excluding hydrogens is 320 g/mol. The summed E-state index contributed by atoms with van der Waals surface area (Å²) < 4.78 is 10.2. The average molecular weight is 338 g/mol. The standard InChI is InChI=1S/C19H18N2O4/c1-3-25-19(23)17-16(15-13(20)5-4-6-14(15)21-17)18(22)11-7-9-12(24-2)10-8-11/h4-10,21H,3,20H2,1-2H3. The molecule has 0 unspecified atom stereocenters. The zero-order valence-electron chi connectivity index (χ0n) is 14.0. The van der Waals surface area contributed by atoms with Crippen molar-refractivity contribution in [1.82, 2.24) is 4.98 Å². The Kier molecular flexibility index (Phi) is 4.43. The van der Waals surface area contributed by atoms with Crippen molar-refractivity contribution >= 4 is 28.3 Å². The summed E-state index contributed by atoms with van der Waals surface area (Å²) in [5.74, 6) is -0.259. The van der Waals surface area contributed by atoms with Gasteiger partial charge in [0.15, 0.2) is 5.78 Å². The van der Waals surface area contributed by atoms with Crippen LogP contribution in [0.1, 0.15) is 33.3 Å². The first-order chi connectivity index (χ1) is 12.1. The molecule has 0 saturated carbocycles. The molecule has 25 heavy (non-hydrogen) atoms. The third-order valence-electron chi connectivity index (χ3n) is 3.92. The fourth-order valence-electron chi connectivity index (χ4n) is 2.75. The quantitative estimate of drug-likeness (QED) is 0.423. The number of fused-ring (bicyclic) bond motifs is 1. The number of nitrogens with one attached hydrogen (secondary N) is 1. The molecule has 0 amide bonds. The van der Waals surface area contributed by atoms with Gasteiger partial charge in [0.25, 0.3) is 0 Å². The minimum atomic E-state index is -0.588. The molecule has 1 aromatic heterocycles. The second-order valence-corrected chi connectivity index (χ2v) is 5.42. The smallest absolute Gasteiger partial charge is 0.355 e. The minimum absolute atomic E-state index is 0.107. The predicted octanol–water partition coefficient (Wildman–Crippen LogP) is 3.17. The number of rotatable bonds is 5. The first-order valence-corrected chi connectivity index (χ1v) is 7.82. The molecule has 3 aromatic rings. The van der Waals surface area contributed by atoms with E-state index in [1.54, 1.807) is 56.5 Å². The Balaban J connectivity index is 2.19. The van der Waals surface area contributed by atoms with Gasteiger partial charge in [0.1, 0.15) is 11.4 Å². The summed E-state index contributed by atoms with van der Waals surface area (Å²) in [6, 6.07) is 11.9. The number of aromatic nitrogens is 1. The highest BCUT2D eigenvalue weighted by Crippen LogP contribution is 2.30. The van der Waals surface area contributed by atoms with E-state index < -0.39 is 5.97 Å². The third-order valence-corrected chi connectivity index (χ3v) is 3.92. The summed E-state index contributed by atoms with van der Waals surface area (Å²) in [6.07, 6.45) is 0. The maximum Gasteiger partial charge on any atom is 0.355 e. The van der Waals surface area contributed by atoms with Crippen LogP contribution in [0.3, 0.4) is 0 Å². The minimum Gasteiger partial charge on any atom is -0.497 e. The number of ether oxygens (including phenoxy) is 2. The topological polar surface area (TPSA) is 94.4 Å². The summed E-state index contributed by atoms with van der Waals surface area (Å²) in [5, 5.41) is 0.520. The molecule has 0 aliphatic heterocycles. The highest BCUT2D eigenvalue weighted by Gasteiger charge is 2.26. The average Bonchev–Trinajstić information content (AvgIpc) is 3.02. The molecule has 0 fully saturated rings. The van der Waals surface area contributed by atoms with Crippen LogP contribution in [0.15, 0.2) is 42.5 Å². The molecule has 128 valence electrons. The Bertz CT molecular complexity index is 942. The lowest BCUT2D eigenvalue weighted by molar-refractivity contribution is 0.0518. The number of aromatic amines is 1. The molecule has 1 heterocycles. The van der Waals surface area contributed by atoms with E-state index in [0.717, 1.165) is 0 Å². The highest BCUT2D eigenvalue weighted by atomic mass is 16.5. The van der Waals surface area contributed by atoms with E-state index in [4.69, 9.17) is 15.2 Å². The Hall–Kier alpha value is -3.28. The maximum absolute atomic E-state index is 13.1. The van der Waals surface area contributed by atoms with Crippen LogP contribution in [-0.2, 0) is 4.74 Å². The van der Waals surface area contributed by atoms with Gasteiger partial charge < -0.3 is 20.2 Å². The lowest BCUT2D eigenvalue weighted by Crippen LogP contribution is -2.12. The molecule has 3 N–H and O–H groups in total. The number of anilines is 1. The lowest BCUT2D eigenvalue weighted by atomic mass is 9.99. The fourth-order valence-corrected chi connectivity index (χ4v) is 2.75. The van der Waals surface area contributed by atoms with Gasteiger partial charge in [-0.3, -0.25) is 4.79 Å². The van der Waals surface area contributed by atoms with E-state index in [2.05, 4.69) is 4.98 Å². The van der Waals surface area contributed by atoms with Crippen molar-refractivity contribution in [3.8, 4) is 5.75 Å². The predicted molar refractivity (Wildman–Crippen MR) is 95.1 cm³/mol. The van der Waals surface area contributed by atoms with Crippen LogP contribution in [0.2, 0.25) is 0 Å². The molecule has 0 aliphatic rings. The van der Waals surface area contributed by atoms with Crippen LogP contribution in [0.5, 0.6) is 5.75 Å². The van der Waals surface area contributed by atoms with Crippen molar-refractivity contribution in [3.63, 3.8) is 0 Å². The Labute approximate surface area is 144 Å². The van der Waals surface area contributed by atoms with Crippen LogP contribution in [0, 0.1) is 0 Å². The van der Waals surface area contributed by atoms with Crippen LogP contribution in [0.4, 0.5) is 5.69 Å². The molecule has 0 atom stereocenters. The fraction of sp³-hybridized carbons (Fsp3) is 0.158. The number of benzene rings is 2. The zero-order chi connectivity index (χ0) is 18.0. The van der Waals surface area contributed by atoms with Crippen LogP contribution < -0.4 is 10.5 Å². The monoisotopic (exact) mass is 338 g/mol. The number of esters is 1. The van der Waals surface area contributed by atoms with Gasteiger partial charge in [0, 0.05) is 22.2 Å². The lowest BCUT2D eigenvalue weighted by Gasteiger charge is -2.06. The Morgan fingerprint density at radius 2 is 1.84 bits per heavy atom. The number of hydrogen-bond donors (Lipinski definition) is 2. The highest BCUT2D eigenvalue weighted by molar-refractivity contribution is 6.23. The second-order valence-electron chi connectivity index (χ2n) is 5.42. The SMILES string of the molecule is CCOC(=O)c1[nH]c2cccc(N)c2c1C(=O)c1ccc(OC)cc1. The summed E-state index contributed by atoms with van der Waals surface area (Å²) in [4.78, 5) is 28.4. The molecule has 6 nitrogen and oxygen atoms in total. The summed E-state index contributed by atoms with van der Waals surface area (Å²) in [5.41, 5.74) is 7.84. The molecule has 0 radical (unpaired) electrons. The number of methoxy groups -OCH3 is 1. The number of nitrogens with two attached hydrogens (primary N) is 1. The van der Waals surface area contributed by atoms with Gasteiger partial charge >= 0.3 is 5.97 Å². The molecule has 3 rings (SSSR count). The Morgan fingerprint density at radius 1 is 1.12 bits per heavy atom. The number of ketones is 1. The maximum atomic E-state index is 13.1. The van der Waals surface area contributed by atoms with Crippen LogP contribution in [0.25, 0.3) is 10.9 Å². The van der Waals surface area contributed by atoms with Crippen molar-refractivity contribution in [2.75, 3.05) is 19.5 Å². The van der Waals surface area contributed by atoms with Crippen LogP contribution in [-0.4, -0.2) is 30.5 Å². The van der Waals surface area contributed by atoms with Gasteiger partial charge in [0.05, 0.1) is 19.3 Å². The largest absolute Gasteiger partial charge is 0.497 e. The van der Waals surface area contributed by atoms with Crippen molar-refractivity contribution in [3.05, 3.63) is 59.3 Å². The number of hydrogen-bond acceptors (Lipinski definition) is 5. The molecule has 2 aromatic carbocycles. The van der Waals surface area contributed by atoms with Crippen molar-refractivity contribution in [2.45, 2.75) is 6.92 Å². The van der Waals surface area contributed by atoms with Gasteiger partial charge in [-0.2, -0.15) is 0 Å². The van der Waals surface area contributed by atoms with Gasteiger partial charge in [0.2, 0.25) is 0 Å². The van der Waals surface area contributed by atoms with Crippen molar-refractivity contribution < 1.29 is 19.1 Å². The Morgan fingerprint density at radius 3 is 2.48 bits per heavy atom. The van der Waals surface area contributed by atoms with E-state index in [1.807, 2.05) is 0 Å². The number of nitrogen functional groups attached to an aromatic ring is 1. The molecular formula is C19H18N2O4. The summed E-state index contributed by atoms with van der Waals surface area (Å²) >= 11 is 0. The van der Waals surface area contributed by atoms with E-state index >= 15 is 0 Å². The first kappa shape index (κ1) is 16.6. The number of H-pyrrole nitrogens is 1. The molecule has 0 bridgehead atoms. The number of carbonyl (C=O) groups is 2. The summed E-state index contributed by atoms with van der Waals surface area (Å²) in [7, 11) is 1.55. The van der Waals surface area contributed by atoms with Crippen molar-refractivity contribution in [2.24, 2.45) is 0 Å². The van der Waals surface area contributed by atoms with E-state index in [1.165, 1.54) is 0 Å². The first-order valence-electron chi connectivity index (χ1n) is 7.82.